The second-order valence-corrected chi connectivity index (χ2v) is 4.96. The van der Waals surface area contributed by atoms with E-state index < -0.39 is 11.6 Å². The standard InChI is InChI=1S/C16H16O4/c1-16(2,15(18)19)20-14-9-8-12(17)10-13(14)11-6-4-3-5-7-11/h3-10,17H,1-2H3,(H,18,19). The van der Waals surface area contributed by atoms with E-state index >= 15 is 0 Å². The molecule has 0 saturated carbocycles. The van der Waals surface area contributed by atoms with Crippen LogP contribution >= 0.6 is 0 Å². The van der Waals surface area contributed by atoms with Crippen molar-refractivity contribution in [3.63, 3.8) is 0 Å². The van der Waals surface area contributed by atoms with Crippen LogP contribution in [-0.4, -0.2) is 21.8 Å². The van der Waals surface area contributed by atoms with Crippen molar-refractivity contribution in [3.05, 3.63) is 48.5 Å². The zero-order chi connectivity index (χ0) is 14.8. The Balaban J connectivity index is 2.47. The van der Waals surface area contributed by atoms with Gasteiger partial charge in [-0.25, -0.2) is 4.79 Å². The molecule has 0 spiro atoms. The summed E-state index contributed by atoms with van der Waals surface area (Å²) in [6, 6.07) is 14.0. The van der Waals surface area contributed by atoms with Gasteiger partial charge in [-0.3, -0.25) is 0 Å². The van der Waals surface area contributed by atoms with Gasteiger partial charge in [0.25, 0.3) is 0 Å². The van der Waals surface area contributed by atoms with Crippen LogP contribution in [0.2, 0.25) is 0 Å². The maximum atomic E-state index is 11.2. The Morgan fingerprint density at radius 1 is 1.10 bits per heavy atom. The highest BCUT2D eigenvalue weighted by molar-refractivity contribution is 5.78. The van der Waals surface area contributed by atoms with Gasteiger partial charge in [0.05, 0.1) is 0 Å². The third-order valence-electron chi connectivity index (χ3n) is 2.93. The first-order valence-corrected chi connectivity index (χ1v) is 6.21. The molecule has 4 heteroatoms. The van der Waals surface area contributed by atoms with E-state index in [0.29, 0.717) is 11.3 Å². The molecule has 0 saturated heterocycles. The molecule has 0 radical (unpaired) electrons. The van der Waals surface area contributed by atoms with Crippen molar-refractivity contribution in [2.24, 2.45) is 0 Å². The first kappa shape index (κ1) is 13.9. The number of hydrogen-bond acceptors (Lipinski definition) is 3. The average molecular weight is 272 g/mol. The summed E-state index contributed by atoms with van der Waals surface area (Å²) in [7, 11) is 0. The lowest BCUT2D eigenvalue weighted by Gasteiger charge is -2.23. The molecule has 0 aliphatic heterocycles. The molecule has 0 bridgehead atoms. The minimum atomic E-state index is -1.35. The van der Waals surface area contributed by atoms with Crippen molar-refractivity contribution in [2.75, 3.05) is 0 Å². The summed E-state index contributed by atoms with van der Waals surface area (Å²) in [4.78, 5) is 11.2. The molecule has 0 atom stereocenters. The van der Waals surface area contributed by atoms with Gasteiger partial charge in [-0.1, -0.05) is 30.3 Å². The van der Waals surface area contributed by atoms with Gasteiger partial charge in [-0.05, 0) is 37.6 Å². The minimum absolute atomic E-state index is 0.101. The van der Waals surface area contributed by atoms with E-state index in [9.17, 15) is 9.90 Å². The summed E-state index contributed by atoms with van der Waals surface area (Å²) in [6.45, 7) is 2.97. The normalized spacial score (nSPS) is 11.1. The van der Waals surface area contributed by atoms with Gasteiger partial charge in [-0.15, -0.1) is 0 Å². The maximum absolute atomic E-state index is 11.2. The van der Waals surface area contributed by atoms with Crippen molar-refractivity contribution >= 4 is 5.97 Å². The lowest BCUT2D eigenvalue weighted by Crippen LogP contribution is -2.38. The third kappa shape index (κ3) is 2.91. The van der Waals surface area contributed by atoms with Crippen LogP contribution in [0.1, 0.15) is 13.8 Å². The van der Waals surface area contributed by atoms with E-state index in [1.165, 1.54) is 19.9 Å². The van der Waals surface area contributed by atoms with Crippen LogP contribution < -0.4 is 4.74 Å². The Morgan fingerprint density at radius 2 is 1.75 bits per heavy atom. The number of carboxylic acid groups (broad SMARTS) is 1. The molecule has 2 aromatic rings. The predicted molar refractivity (Wildman–Crippen MR) is 75.9 cm³/mol. The Hall–Kier alpha value is -2.49. The highest BCUT2D eigenvalue weighted by atomic mass is 16.5. The monoisotopic (exact) mass is 272 g/mol. The van der Waals surface area contributed by atoms with Crippen LogP contribution in [0.4, 0.5) is 0 Å². The number of ether oxygens (including phenoxy) is 1. The first-order chi connectivity index (χ1) is 9.40. The highest BCUT2D eigenvalue weighted by Crippen LogP contribution is 2.35. The number of aromatic hydroxyl groups is 1. The van der Waals surface area contributed by atoms with Gasteiger partial charge in [0.2, 0.25) is 0 Å². The fraction of sp³-hybridized carbons (Fsp3) is 0.188. The van der Waals surface area contributed by atoms with Crippen LogP contribution in [0.15, 0.2) is 48.5 Å². The van der Waals surface area contributed by atoms with Crippen LogP contribution in [-0.2, 0) is 4.79 Å². The van der Waals surface area contributed by atoms with E-state index in [0.717, 1.165) is 5.56 Å². The summed E-state index contributed by atoms with van der Waals surface area (Å²) in [5.74, 6) is -0.532. The second kappa shape index (κ2) is 5.25. The molecule has 4 nitrogen and oxygen atoms in total. The molecule has 0 aromatic heterocycles. The fourth-order valence-electron chi connectivity index (χ4n) is 1.77. The maximum Gasteiger partial charge on any atom is 0.347 e. The van der Waals surface area contributed by atoms with Gasteiger partial charge in [-0.2, -0.15) is 0 Å². The summed E-state index contributed by atoms with van der Waals surface area (Å²) in [5, 5.41) is 18.8. The molecule has 0 heterocycles. The van der Waals surface area contributed by atoms with E-state index in [1.807, 2.05) is 30.3 Å². The van der Waals surface area contributed by atoms with E-state index in [4.69, 9.17) is 9.84 Å². The fourth-order valence-corrected chi connectivity index (χ4v) is 1.77. The SMILES string of the molecule is CC(C)(Oc1ccc(O)cc1-c1ccccc1)C(=O)O. The van der Waals surface area contributed by atoms with E-state index in [1.54, 1.807) is 12.1 Å². The summed E-state index contributed by atoms with van der Waals surface area (Å²) in [6.07, 6.45) is 0. The second-order valence-electron chi connectivity index (χ2n) is 4.96. The first-order valence-electron chi connectivity index (χ1n) is 6.21. The zero-order valence-electron chi connectivity index (χ0n) is 11.3. The number of aliphatic carboxylic acids is 1. The molecule has 0 unspecified atom stereocenters. The number of phenols is 1. The largest absolute Gasteiger partial charge is 0.508 e. The van der Waals surface area contributed by atoms with Crippen LogP contribution in [0, 0.1) is 0 Å². The van der Waals surface area contributed by atoms with Crippen molar-refractivity contribution in [3.8, 4) is 22.6 Å². The third-order valence-corrected chi connectivity index (χ3v) is 2.93. The predicted octanol–water partition coefficient (Wildman–Crippen LogP) is 3.30. The number of benzene rings is 2. The summed E-state index contributed by atoms with van der Waals surface area (Å²) < 4.78 is 5.59. The molecule has 20 heavy (non-hydrogen) atoms. The van der Waals surface area contributed by atoms with Gasteiger partial charge in [0.15, 0.2) is 5.60 Å². The Labute approximate surface area is 117 Å². The van der Waals surface area contributed by atoms with E-state index in [-0.39, 0.29) is 5.75 Å². The Bertz CT molecular complexity index is 618. The Kier molecular flexibility index (Phi) is 3.66. The number of rotatable bonds is 4. The van der Waals surface area contributed by atoms with Crippen molar-refractivity contribution in [2.45, 2.75) is 19.4 Å². The smallest absolute Gasteiger partial charge is 0.347 e. The molecular formula is C16H16O4. The average Bonchev–Trinajstić information content (AvgIpc) is 2.41. The number of carboxylic acids is 1. The van der Waals surface area contributed by atoms with Gasteiger partial charge < -0.3 is 14.9 Å². The van der Waals surface area contributed by atoms with Gasteiger partial charge >= 0.3 is 5.97 Å². The number of hydrogen-bond donors (Lipinski definition) is 2. The van der Waals surface area contributed by atoms with Crippen molar-refractivity contribution in [1.29, 1.82) is 0 Å². The number of carbonyl (C=O) groups is 1. The van der Waals surface area contributed by atoms with Crippen LogP contribution in [0.3, 0.4) is 0 Å². The minimum Gasteiger partial charge on any atom is -0.508 e. The molecule has 2 rings (SSSR count). The molecule has 2 aromatic carbocycles. The number of phenolic OH excluding ortho intramolecular Hbond substituents is 1. The quantitative estimate of drug-likeness (QED) is 0.896. The van der Waals surface area contributed by atoms with Gasteiger partial charge in [0, 0.05) is 5.56 Å². The summed E-state index contributed by atoms with van der Waals surface area (Å²) in [5.41, 5.74) is 0.153. The van der Waals surface area contributed by atoms with Crippen LogP contribution in [0.25, 0.3) is 11.1 Å². The molecule has 0 fully saturated rings. The molecule has 2 N–H and O–H groups in total. The molecule has 0 aliphatic carbocycles. The zero-order valence-corrected chi connectivity index (χ0v) is 11.3. The Morgan fingerprint density at radius 3 is 2.35 bits per heavy atom. The van der Waals surface area contributed by atoms with E-state index in [2.05, 4.69) is 0 Å². The molecule has 0 aliphatic rings. The molecule has 0 amide bonds. The molecular weight excluding hydrogens is 256 g/mol. The van der Waals surface area contributed by atoms with Crippen molar-refractivity contribution < 1.29 is 19.7 Å². The lowest BCUT2D eigenvalue weighted by molar-refractivity contribution is -0.152. The highest BCUT2D eigenvalue weighted by Gasteiger charge is 2.30. The van der Waals surface area contributed by atoms with Crippen molar-refractivity contribution in [1.82, 2.24) is 0 Å². The molecule has 104 valence electrons. The topological polar surface area (TPSA) is 66.8 Å². The van der Waals surface area contributed by atoms with Gasteiger partial charge in [0.1, 0.15) is 11.5 Å². The summed E-state index contributed by atoms with van der Waals surface area (Å²) >= 11 is 0. The van der Waals surface area contributed by atoms with Crippen LogP contribution in [0.5, 0.6) is 11.5 Å². The lowest BCUT2D eigenvalue weighted by atomic mass is 10.0.